The Kier molecular flexibility index (Phi) is 9.74. The molecule has 8 rings (SSSR count). The lowest BCUT2D eigenvalue weighted by atomic mass is 9.81. The summed E-state index contributed by atoms with van der Waals surface area (Å²) in [5, 5.41) is 7.17. The lowest BCUT2D eigenvalue weighted by Gasteiger charge is -2.35. The van der Waals surface area contributed by atoms with E-state index in [0.29, 0.717) is 24.3 Å². The highest BCUT2D eigenvalue weighted by molar-refractivity contribution is 6.14. The van der Waals surface area contributed by atoms with Crippen molar-refractivity contribution in [3.8, 4) is 0 Å². The number of fused-ring (bicyclic) bond motifs is 2. The van der Waals surface area contributed by atoms with Gasteiger partial charge in [-0.3, -0.25) is 4.79 Å². The van der Waals surface area contributed by atoms with Gasteiger partial charge >= 0.3 is 11.9 Å². The van der Waals surface area contributed by atoms with E-state index in [1.54, 1.807) is 0 Å². The van der Waals surface area contributed by atoms with Gasteiger partial charge in [0.25, 0.3) is 5.91 Å². The van der Waals surface area contributed by atoms with Crippen molar-refractivity contribution in [2.24, 2.45) is 4.99 Å². The van der Waals surface area contributed by atoms with Gasteiger partial charge in [-0.05, 0) is 64.9 Å². The Morgan fingerprint density at radius 2 is 1.24 bits per heavy atom. The van der Waals surface area contributed by atoms with Crippen molar-refractivity contribution in [3.63, 3.8) is 0 Å². The van der Waals surface area contributed by atoms with Gasteiger partial charge < -0.3 is 14.8 Å². The van der Waals surface area contributed by atoms with Crippen LogP contribution < -0.4 is 5.32 Å². The van der Waals surface area contributed by atoms with Crippen LogP contribution in [0.15, 0.2) is 120 Å². The summed E-state index contributed by atoms with van der Waals surface area (Å²) >= 11 is 0. The van der Waals surface area contributed by atoms with Crippen LogP contribution in [0.4, 0.5) is 0 Å². The van der Waals surface area contributed by atoms with Crippen molar-refractivity contribution in [2.45, 2.75) is 81.9 Å². The zero-order valence-electron chi connectivity index (χ0n) is 28.2. The number of carbonyl (C=O) groups excluding carboxylic acids is 3. The normalized spacial score (nSPS) is 17.7. The number of nitrogens with zero attached hydrogens (tertiary/aromatic N) is 1. The molecule has 0 bridgehead atoms. The monoisotopic (exact) mass is 666 g/mol. The number of cyclic esters (lactones) is 1. The number of esters is 2. The molecule has 1 spiro atoms. The smallest absolute Gasteiger partial charge is 0.340 e. The van der Waals surface area contributed by atoms with Gasteiger partial charge in [0.05, 0.1) is 0 Å². The van der Waals surface area contributed by atoms with Gasteiger partial charge in [0.15, 0.2) is 5.54 Å². The van der Waals surface area contributed by atoms with Crippen molar-refractivity contribution in [3.05, 3.63) is 132 Å². The van der Waals surface area contributed by atoms with E-state index >= 15 is 0 Å². The standard InChI is InChI=1S/C25H25NO3.C18H17NO2/c27-23(22-15-9-13-20-12-5-6-14-21(20)22)26-25(16-7-2-8-17-25)24(28)29-18-19-10-3-1-4-11-19;20-17-18(11-4-1-5-12-18)19-16(21-17)15-10-6-8-13-7-2-3-9-14(13)15/h1,3-6,9-15H,2,7-8,16-18H2,(H,26,27);2-3,6-10H,1,4-5,11-12H2. The van der Waals surface area contributed by atoms with Crippen molar-refractivity contribution in [1.82, 2.24) is 5.32 Å². The van der Waals surface area contributed by atoms with Gasteiger partial charge in [-0.25, -0.2) is 14.6 Å². The maximum Gasteiger partial charge on any atom is 0.340 e. The minimum Gasteiger partial charge on any atom is -0.459 e. The van der Waals surface area contributed by atoms with E-state index in [9.17, 15) is 14.4 Å². The molecule has 5 aromatic carbocycles. The summed E-state index contributed by atoms with van der Waals surface area (Å²) in [5.74, 6) is -0.223. The molecule has 1 N–H and O–H groups in total. The van der Waals surface area contributed by atoms with Crippen LogP contribution in [0.2, 0.25) is 0 Å². The molecule has 50 heavy (non-hydrogen) atoms. The van der Waals surface area contributed by atoms with Crippen LogP contribution in [0, 0.1) is 0 Å². The number of rotatable bonds is 6. The van der Waals surface area contributed by atoms with Crippen LogP contribution in [-0.2, 0) is 25.7 Å². The van der Waals surface area contributed by atoms with Crippen LogP contribution in [0.3, 0.4) is 0 Å². The summed E-state index contributed by atoms with van der Waals surface area (Å²) < 4.78 is 11.2. The van der Waals surface area contributed by atoms with Crippen LogP contribution in [-0.4, -0.2) is 34.8 Å². The molecule has 0 radical (unpaired) electrons. The molecule has 1 amide bonds. The number of benzene rings is 5. The molecule has 2 saturated carbocycles. The van der Waals surface area contributed by atoms with Crippen LogP contribution in [0.1, 0.15) is 85.7 Å². The first-order valence-electron chi connectivity index (χ1n) is 17.8. The molecule has 0 aromatic heterocycles. The van der Waals surface area contributed by atoms with Crippen LogP contribution in [0.5, 0.6) is 0 Å². The van der Waals surface area contributed by atoms with E-state index in [2.05, 4.69) is 17.4 Å². The molecule has 0 atom stereocenters. The fourth-order valence-corrected chi connectivity index (χ4v) is 7.53. The zero-order valence-corrected chi connectivity index (χ0v) is 28.2. The number of carbonyl (C=O) groups is 3. The third-order valence-electron chi connectivity index (χ3n) is 10.3. The van der Waals surface area contributed by atoms with Gasteiger partial charge in [-0.15, -0.1) is 0 Å². The fraction of sp³-hybridized carbons (Fsp3) is 0.302. The Bertz CT molecular complexity index is 2030. The maximum atomic E-state index is 13.2. The molecule has 3 aliphatic rings. The summed E-state index contributed by atoms with van der Waals surface area (Å²) in [6, 6.07) is 37.2. The third kappa shape index (κ3) is 6.90. The molecule has 7 nitrogen and oxygen atoms in total. The number of ether oxygens (including phenoxy) is 2. The van der Waals surface area contributed by atoms with Crippen LogP contribution >= 0.6 is 0 Å². The highest BCUT2D eigenvalue weighted by atomic mass is 16.6. The van der Waals surface area contributed by atoms with E-state index in [1.165, 1.54) is 6.42 Å². The molecule has 0 unspecified atom stereocenters. The predicted molar refractivity (Wildman–Crippen MR) is 196 cm³/mol. The summed E-state index contributed by atoms with van der Waals surface area (Å²) in [7, 11) is 0. The third-order valence-corrected chi connectivity index (χ3v) is 10.3. The van der Waals surface area contributed by atoms with E-state index in [-0.39, 0.29) is 24.5 Å². The second-order valence-corrected chi connectivity index (χ2v) is 13.6. The fourth-order valence-electron chi connectivity index (χ4n) is 7.53. The topological polar surface area (TPSA) is 94.1 Å². The number of hydrogen-bond acceptors (Lipinski definition) is 6. The molecule has 1 heterocycles. The predicted octanol–water partition coefficient (Wildman–Crippen LogP) is 8.86. The molecular formula is C43H42N2O5. The SMILES string of the molecule is O=C(NC1(C(=O)OCc2ccccc2)CCCCC1)c1cccc2ccccc12.O=C1OC(c2cccc3ccccc23)=NC12CCCCC2. The Labute approximate surface area is 292 Å². The van der Waals surface area contributed by atoms with E-state index in [0.717, 1.165) is 77.6 Å². The number of aliphatic imine (C=N–C) groups is 1. The van der Waals surface area contributed by atoms with E-state index < -0.39 is 11.1 Å². The van der Waals surface area contributed by atoms with Gasteiger partial charge in [0.2, 0.25) is 5.90 Å². The van der Waals surface area contributed by atoms with Crippen molar-refractivity contribution >= 4 is 45.3 Å². The highest BCUT2D eigenvalue weighted by Crippen LogP contribution is 2.38. The van der Waals surface area contributed by atoms with E-state index in [4.69, 9.17) is 14.5 Å². The molecule has 2 aliphatic carbocycles. The molecule has 1 aliphatic heterocycles. The lowest BCUT2D eigenvalue weighted by molar-refractivity contribution is -0.154. The summed E-state index contributed by atoms with van der Waals surface area (Å²) in [6.07, 6.45) is 9.02. The summed E-state index contributed by atoms with van der Waals surface area (Å²) in [4.78, 5) is 43.3. The first-order valence-corrected chi connectivity index (χ1v) is 17.8. The largest absolute Gasteiger partial charge is 0.459 e. The zero-order chi connectivity index (χ0) is 34.4. The average molecular weight is 667 g/mol. The molecule has 254 valence electrons. The van der Waals surface area contributed by atoms with Gasteiger partial charge in [-0.2, -0.15) is 0 Å². The molecule has 7 heteroatoms. The first-order chi connectivity index (χ1) is 24.5. The average Bonchev–Trinajstić information content (AvgIpc) is 3.48. The first kappa shape index (κ1) is 33.2. The van der Waals surface area contributed by atoms with Crippen molar-refractivity contribution in [2.75, 3.05) is 0 Å². The Morgan fingerprint density at radius 3 is 1.96 bits per heavy atom. The van der Waals surface area contributed by atoms with Gasteiger partial charge in [0.1, 0.15) is 12.1 Å². The molecule has 5 aromatic rings. The van der Waals surface area contributed by atoms with Gasteiger partial charge in [-0.1, -0.05) is 142 Å². The van der Waals surface area contributed by atoms with Crippen molar-refractivity contribution in [1.29, 1.82) is 0 Å². The lowest BCUT2D eigenvalue weighted by Crippen LogP contribution is -2.56. The summed E-state index contributed by atoms with van der Waals surface area (Å²) in [6.45, 7) is 0.214. The second kappa shape index (κ2) is 14.7. The number of nitrogens with one attached hydrogen (secondary N) is 1. The quantitative estimate of drug-likeness (QED) is 0.183. The molecular weight excluding hydrogens is 624 g/mol. The highest BCUT2D eigenvalue weighted by Gasteiger charge is 2.47. The minimum absolute atomic E-state index is 0.162. The number of hydrogen-bond donors (Lipinski definition) is 1. The second-order valence-electron chi connectivity index (χ2n) is 13.6. The Balaban J connectivity index is 0.000000165. The number of amides is 1. The van der Waals surface area contributed by atoms with Gasteiger partial charge in [0, 0.05) is 11.1 Å². The minimum atomic E-state index is -0.957. The molecule has 2 fully saturated rings. The summed E-state index contributed by atoms with van der Waals surface area (Å²) in [5.41, 5.74) is 0.881. The van der Waals surface area contributed by atoms with Crippen LogP contribution in [0.25, 0.3) is 21.5 Å². The Morgan fingerprint density at radius 1 is 0.660 bits per heavy atom. The maximum absolute atomic E-state index is 13.2. The van der Waals surface area contributed by atoms with Crippen molar-refractivity contribution < 1.29 is 23.9 Å². The Hall–Kier alpha value is -5.30. The van der Waals surface area contributed by atoms with E-state index in [1.807, 2.05) is 103 Å². The molecule has 0 saturated heterocycles.